The van der Waals surface area contributed by atoms with Crippen molar-refractivity contribution in [2.75, 3.05) is 6.54 Å². The summed E-state index contributed by atoms with van der Waals surface area (Å²) in [5, 5.41) is 2.68. The second-order valence-corrected chi connectivity index (χ2v) is 5.82. The molecule has 2 amide bonds. The third kappa shape index (κ3) is 8.30. The molecule has 5 nitrogen and oxygen atoms in total. The Labute approximate surface area is 136 Å². The smallest absolute Gasteiger partial charge is 0.234 e. The molecule has 6 heteroatoms. The molecule has 0 saturated carbocycles. The number of carbonyl (C=O) groups excluding carboxylic acids is 2. The molecule has 2 unspecified atom stereocenters. The first kappa shape index (κ1) is 19.1. The Morgan fingerprint density at radius 1 is 1.26 bits per heavy atom. The van der Waals surface area contributed by atoms with E-state index >= 15 is 0 Å². The lowest BCUT2D eigenvalue weighted by molar-refractivity contribution is -0.121. The fourth-order valence-corrected chi connectivity index (χ4v) is 2.17. The lowest BCUT2D eigenvalue weighted by Crippen LogP contribution is -2.39. The number of benzene rings is 1. The van der Waals surface area contributed by atoms with Gasteiger partial charge in [0.1, 0.15) is 6.17 Å². The number of amides is 2. The number of alkyl halides is 1. The summed E-state index contributed by atoms with van der Waals surface area (Å²) in [6, 6.07) is 7.24. The Morgan fingerprint density at radius 3 is 2.52 bits per heavy atom. The van der Waals surface area contributed by atoms with Gasteiger partial charge < -0.3 is 16.8 Å². The average molecular weight is 323 g/mol. The van der Waals surface area contributed by atoms with Crippen LogP contribution >= 0.6 is 0 Å². The monoisotopic (exact) mass is 323 g/mol. The van der Waals surface area contributed by atoms with Crippen LogP contribution in [0.3, 0.4) is 0 Å². The van der Waals surface area contributed by atoms with Gasteiger partial charge in [0, 0.05) is 19.4 Å². The number of halogens is 1. The van der Waals surface area contributed by atoms with Crippen molar-refractivity contribution in [1.29, 1.82) is 0 Å². The summed E-state index contributed by atoms with van der Waals surface area (Å²) in [5.74, 6) is -0.809. The van der Waals surface area contributed by atoms with Gasteiger partial charge in [-0.05, 0) is 31.7 Å². The summed E-state index contributed by atoms with van der Waals surface area (Å²) < 4.78 is 13.5. The maximum absolute atomic E-state index is 13.5. The first-order valence-corrected chi connectivity index (χ1v) is 7.89. The van der Waals surface area contributed by atoms with E-state index < -0.39 is 18.1 Å². The van der Waals surface area contributed by atoms with Gasteiger partial charge in [0.25, 0.3) is 0 Å². The lowest BCUT2D eigenvalue weighted by atomic mass is 10.1. The van der Waals surface area contributed by atoms with Crippen molar-refractivity contribution in [3.05, 3.63) is 35.4 Å². The minimum absolute atomic E-state index is 0.0940. The van der Waals surface area contributed by atoms with Crippen molar-refractivity contribution >= 4 is 11.8 Å². The van der Waals surface area contributed by atoms with Gasteiger partial charge in [-0.25, -0.2) is 4.39 Å². The molecule has 0 aliphatic carbocycles. The molecule has 0 aliphatic heterocycles. The van der Waals surface area contributed by atoms with E-state index in [1.165, 1.54) is 11.1 Å². The molecule has 0 radical (unpaired) electrons. The number of carbonyl (C=O) groups is 2. The zero-order chi connectivity index (χ0) is 17.2. The fourth-order valence-electron chi connectivity index (χ4n) is 2.17. The molecule has 0 heterocycles. The van der Waals surface area contributed by atoms with Crippen LogP contribution < -0.4 is 16.8 Å². The second-order valence-electron chi connectivity index (χ2n) is 5.82. The number of rotatable bonds is 10. The molecule has 0 spiro atoms. The molecule has 1 aromatic rings. The first-order valence-electron chi connectivity index (χ1n) is 7.89. The third-order valence-electron chi connectivity index (χ3n) is 3.64. The van der Waals surface area contributed by atoms with Crippen LogP contribution in [0.25, 0.3) is 0 Å². The van der Waals surface area contributed by atoms with E-state index in [2.05, 4.69) is 17.4 Å². The largest absolute Gasteiger partial charge is 0.368 e. The van der Waals surface area contributed by atoms with Gasteiger partial charge in [0.2, 0.25) is 11.8 Å². The van der Waals surface area contributed by atoms with Crippen LogP contribution in [-0.2, 0) is 16.0 Å². The van der Waals surface area contributed by atoms with Gasteiger partial charge in [-0.1, -0.05) is 29.8 Å². The first-order chi connectivity index (χ1) is 10.9. The summed E-state index contributed by atoms with van der Waals surface area (Å²) in [7, 11) is 0. The summed E-state index contributed by atoms with van der Waals surface area (Å²) >= 11 is 0. The quantitative estimate of drug-likeness (QED) is 0.606. The highest BCUT2D eigenvalue weighted by Crippen LogP contribution is 2.08. The molecule has 2 atom stereocenters. The van der Waals surface area contributed by atoms with Gasteiger partial charge in [0.15, 0.2) is 0 Å². The SMILES string of the molecule is Cc1ccc(CCCC(=O)NCCC(F)CC(N)C(N)=O)cc1. The minimum atomic E-state index is -1.25. The number of nitrogens with two attached hydrogens (primary N) is 2. The molecular weight excluding hydrogens is 297 g/mol. The van der Waals surface area contributed by atoms with Gasteiger partial charge >= 0.3 is 0 Å². The predicted molar refractivity (Wildman–Crippen MR) is 88.4 cm³/mol. The van der Waals surface area contributed by atoms with E-state index in [0.717, 1.165) is 12.8 Å². The van der Waals surface area contributed by atoms with Crippen molar-refractivity contribution in [1.82, 2.24) is 5.32 Å². The standard InChI is InChI=1S/C17H26FN3O2/c1-12-5-7-13(8-6-12)3-2-4-16(22)21-10-9-14(18)11-15(19)17(20)23/h5-8,14-15H,2-4,9-11,19H2,1H3,(H2,20,23)(H,21,22). The maximum atomic E-state index is 13.5. The summed E-state index contributed by atoms with van der Waals surface area (Å²) in [4.78, 5) is 22.4. The molecule has 0 fully saturated rings. The van der Waals surface area contributed by atoms with Gasteiger partial charge in [0.05, 0.1) is 6.04 Å². The van der Waals surface area contributed by atoms with Crippen LogP contribution in [0.4, 0.5) is 4.39 Å². The minimum Gasteiger partial charge on any atom is -0.368 e. The number of aryl methyl sites for hydroxylation is 2. The molecule has 0 aliphatic rings. The van der Waals surface area contributed by atoms with Crippen LogP contribution in [0.15, 0.2) is 24.3 Å². The van der Waals surface area contributed by atoms with E-state index in [0.29, 0.717) is 6.42 Å². The van der Waals surface area contributed by atoms with Crippen molar-refractivity contribution in [2.45, 2.75) is 51.2 Å². The molecule has 1 rings (SSSR count). The summed E-state index contributed by atoms with van der Waals surface area (Å²) in [6.45, 7) is 2.27. The second kappa shape index (κ2) is 9.94. The third-order valence-corrected chi connectivity index (χ3v) is 3.64. The van der Waals surface area contributed by atoms with E-state index in [-0.39, 0.29) is 25.3 Å². The normalized spacial score (nSPS) is 13.3. The topological polar surface area (TPSA) is 98.2 Å². The lowest BCUT2D eigenvalue weighted by Gasteiger charge is -2.12. The van der Waals surface area contributed by atoms with Gasteiger partial charge in [-0.2, -0.15) is 0 Å². The summed E-state index contributed by atoms with van der Waals surface area (Å²) in [6.07, 6.45) is 0.771. The summed E-state index contributed by atoms with van der Waals surface area (Å²) in [5.41, 5.74) is 12.8. The van der Waals surface area contributed by atoms with Crippen LogP contribution in [-0.4, -0.2) is 30.6 Å². The van der Waals surface area contributed by atoms with Gasteiger partial charge in [-0.3, -0.25) is 9.59 Å². The van der Waals surface area contributed by atoms with E-state index in [1.807, 2.05) is 19.1 Å². The Hall–Kier alpha value is -1.95. The Morgan fingerprint density at radius 2 is 1.91 bits per heavy atom. The molecule has 1 aromatic carbocycles. The number of hydrogen-bond donors (Lipinski definition) is 3. The van der Waals surface area contributed by atoms with Crippen molar-refractivity contribution in [3.63, 3.8) is 0 Å². The molecule has 0 bridgehead atoms. The molecule has 5 N–H and O–H groups in total. The van der Waals surface area contributed by atoms with E-state index in [9.17, 15) is 14.0 Å². The van der Waals surface area contributed by atoms with Crippen molar-refractivity contribution < 1.29 is 14.0 Å². The Bertz CT molecular complexity index is 505. The predicted octanol–water partition coefficient (Wildman–Crippen LogP) is 1.36. The molecule has 128 valence electrons. The van der Waals surface area contributed by atoms with Crippen LogP contribution in [0.2, 0.25) is 0 Å². The molecular formula is C17H26FN3O2. The van der Waals surface area contributed by atoms with Crippen LogP contribution in [0.5, 0.6) is 0 Å². The molecule has 0 aromatic heterocycles. The zero-order valence-electron chi connectivity index (χ0n) is 13.6. The molecule has 0 saturated heterocycles. The fraction of sp³-hybridized carbons (Fsp3) is 0.529. The maximum Gasteiger partial charge on any atom is 0.234 e. The Kier molecular flexibility index (Phi) is 8.26. The van der Waals surface area contributed by atoms with E-state index in [1.54, 1.807) is 0 Å². The van der Waals surface area contributed by atoms with E-state index in [4.69, 9.17) is 11.5 Å². The highest BCUT2D eigenvalue weighted by atomic mass is 19.1. The highest BCUT2D eigenvalue weighted by Gasteiger charge is 2.16. The van der Waals surface area contributed by atoms with Gasteiger partial charge in [-0.15, -0.1) is 0 Å². The number of hydrogen-bond acceptors (Lipinski definition) is 3. The van der Waals surface area contributed by atoms with Crippen molar-refractivity contribution in [3.8, 4) is 0 Å². The number of nitrogens with one attached hydrogen (secondary N) is 1. The van der Waals surface area contributed by atoms with Crippen LogP contribution in [0, 0.1) is 6.92 Å². The zero-order valence-corrected chi connectivity index (χ0v) is 13.6. The molecule has 23 heavy (non-hydrogen) atoms. The highest BCUT2D eigenvalue weighted by molar-refractivity contribution is 5.79. The van der Waals surface area contributed by atoms with Crippen molar-refractivity contribution in [2.24, 2.45) is 11.5 Å². The van der Waals surface area contributed by atoms with Crippen LogP contribution in [0.1, 0.15) is 36.8 Å². The Balaban J connectivity index is 2.12. The average Bonchev–Trinajstić information content (AvgIpc) is 2.49. The number of primary amides is 1.